The first-order chi connectivity index (χ1) is 13.7. The lowest BCUT2D eigenvalue weighted by atomic mass is 10.0. The molecule has 150 valence electrons. The van der Waals surface area contributed by atoms with Crippen LogP contribution in [0, 0.1) is 0 Å². The Hall–Kier alpha value is -2.18. The van der Waals surface area contributed by atoms with Gasteiger partial charge in [-0.3, -0.25) is 9.69 Å². The number of carbonyl (C=O) groups excluding carboxylic acids is 1. The second-order valence-electron chi connectivity index (χ2n) is 6.80. The molecule has 6 heteroatoms. The normalized spacial score (nSPS) is 16.8. The molecule has 5 nitrogen and oxygen atoms in total. The summed E-state index contributed by atoms with van der Waals surface area (Å²) in [5, 5.41) is 3.05. The Bertz CT molecular complexity index is 812. The number of ether oxygens (including phenoxy) is 2. The van der Waals surface area contributed by atoms with Crippen molar-refractivity contribution in [1.29, 1.82) is 0 Å². The fraction of sp³-hybridized carbons (Fsp3) is 0.409. The lowest BCUT2D eigenvalue weighted by Gasteiger charge is -2.26. The molecule has 1 heterocycles. The summed E-state index contributed by atoms with van der Waals surface area (Å²) in [7, 11) is 3.37. The van der Waals surface area contributed by atoms with Gasteiger partial charge >= 0.3 is 0 Å². The first-order valence-corrected chi connectivity index (χ1v) is 10.8. The first-order valence-electron chi connectivity index (χ1n) is 9.55. The molecule has 0 radical (unpaired) electrons. The van der Waals surface area contributed by atoms with Crippen molar-refractivity contribution in [2.24, 2.45) is 0 Å². The van der Waals surface area contributed by atoms with E-state index in [1.54, 1.807) is 26.0 Å². The minimum Gasteiger partial charge on any atom is -0.497 e. The van der Waals surface area contributed by atoms with Crippen LogP contribution < -0.4 is 14.8 Å². The van der Waals surface area contributed by atoms with Gasteiger partial charge < -0.3 is 14.8 Å². The summed E-state index contributed by atoms with van der Waals surface area (Å²) in [4.78, 5) is 16.0. The number of nitrogens with zero attached hydrogens (tertiary/aromatic N) is 1. The molecule has 1 atom stereocenters. The molecule has 1 aliphatic rings. The van der Waals surface area contributed by atoms with Crippen LogP contribution in [0.1, 0.15) is 30.9 Å². The molecule has 1 aliphatic heterocycles. The number of benzene rings is 2. The van der Waals surface area contributed by atoms with E-state index in [1.807, 2.05) is 42.7 Å². The molecular formula is C22H28N2O3S. The second kappa shape index (κ2) is 9.85. The Morgan fingerprint density at radius 2 is 2.04 bits per heavy atom. The standard InChI is InChI=1S/C22H28N2O3S/c1-26-16-10-11-20(27-2)17(15-16)19-8-6-13-24(19)14-12-22(25)23-18-7-4-5-9-21(18)28-3/h4-5,7,9-11,15,19H,6,8,12-14H2,1-3H3,(H,23,25). The number of amides is 1. The van der Waals surface area contributed by atoms with E-state index < -0.39 is 0 Å². The molecule has 1 N–H and O–H groups in total. The average molecular weight is 401 g/mol. The number of methoxy groups -OCH3 is 2. The third-order valence-corrected chi connectivity index (χ3v) is 5.96. The van der Waals surface area contributed by atoms with Gasteiger partial charge in [-0.05, 0) is 56.0 Å². The molecular weight excluding hydrogens is 372 g/mol. The zero-order valence-corrected chi connectivity index (χ0v) is 17.6. The van der Waals surface area contributed by atoms with Crippen molar-refractivity contribution in [2.45, 2.75) is 30.2 Å². The molecule has 2 aromatic rings. The second-order valence-corrected chi connectivity index (χ2v) is 7.65. The smallest absolute Gasteiger partial charge is 0.225 e. The molecule has 1 unspecified atom stereocenters. The van der Waals surface area contributed by atoms with E-state index in [0.717, 1.165) is 53.6 Å². The fourth-order valence-electron chi connectivity index (χ4n) is 3.75. The van der Waals surface area contributed by atoms with Crippen molar-refractivity contribution >= 4 is 23.4 Å². The van der Waals surface area contributed by atoms with Gasteiger partial charge in [0.15, 0.2) is 0 Å². The highest BCUT2D eigenvalue weighted by molar-refractivity contribution is 7.98. The molecule has 1 saturated heterocycles. The largest absolute Gasteiger partial charge is 0.497 e. The number of hydrogen-bond donors (Lipinski definition) is 1. The van der Waals surface area contributed by atoms with Gasteiger partial charge in [-0.1, -0.05) is 12.1 Å². The minimum absolute atomic E-state index is 0.0461. The molecule has 3 rings (SSSR count). The Morgan fingerprint density at radius 3 is 2.79 bits per heavy atom. The minimum atomic E-state index is 0.0461. The summed E-state index contributed by atoms with van der Waals surface area (Å²) < 4.78 is 11.0. The van der Waals surface area contributed by atoms with Crippen LogP contribution in [0.15, 0.2) is 47.4 Å². The lowest BCUT2D eigenvalue weighted by molar-refractivity contribution is -0.116. The van der Waals surface area contributed by atoms with Gasteiger partial charge in [0, 0.05) is 29.5 Å². The molecule has 28 heavy (non-hydrogen) atoms. The summed E-state index contributed by atoms with van der Waals surface area (Å²) in [6, 6.07) is 14.1. The Balaban J connectivity index is 1.65. The van der Waals surface area contributed by atoms with Crippen LogP contribution in [0.25, 0.3) is 0 Å². The maximum absolute atomic E-state index is 12.5. The van der Waals surface area contributed by atoms with E-state index in [9.17, 15) is 4.79 Å². The van der Waals surface area contributed by atoms with Gasteiger partial charge in [0.25, 0.3) is 0 Å². The third-order valence-electron chi connectivity index (χ3n) is 5.17. The first kappa shape index (κ1) is 20.6. The van der Waals surface area contributed by atoms with E-state index >= 15 is 0 Å². The summed E-state index contributed by atoms with van der Waals surface area (Å²) in [5.74, 6) is 1.75. The van der Waals surface area contributed by atoms with Crippen LogP contribution in [-0.2, 0) is 4.79 Å². The van der Waals surface area contributed by atoms with Crippen molar-refractivity contribution in [2.75, 3.05) is 38.9 Å². The Kier molecular flexibility index (Phi) is 7.23. The predicted octanol–water partition coefficient (Wildman–Crippen LogP) is 4.59. The number of nitrogens with one attached hydrogen (secondary N) is 1. The van der Waals surface area contributed by atoms with Gasteiger partial charge in [0.1, 0.15) is 11.5 Å². The van der Waals surface area contributed by atoms with E-state index in [4.69, 9.17) is 9.47 Å². The molecule has 2 aromatic carbocycles. The van der Waals surface area contributed by atoms with Gasteiger partial charge in [-0.25, -0.2) is 0 Å². The van der Waals surface area contributed by atoms with E-state index in [1.165, 1.54) is 0 Å². The van der Waals surface area contributed by atoms with Crippen molar-refractivity contribution in [3.05, 3.63) is 48.0 Å². The number of carbonyl (C=O) groups is 1. The fourth-order valence-corrected chi connectivity index (χ4v) is 4.31. The monoisotopic (exact) mass is 400 g/mol. The van der Waals surface area contributed by atoms with Crippen LogP contribution >= 0.6 is 11.8 Å². The Labute approximate surface area is 171 Å². The van der Waals surface area contributed by atoms with Crippen LogP contribution in [-0.4, -0.2) is 44.4 Å². The molecule has 1 fully saturated rings. The number of hydrogen-bond acceptors (Lipinski definition) is 5. The summed E-state index contributed by atoms with van der Waals surface area (Å²) in [5.41, 5.74) is 2.01. The van der Waals surface area contributed by atoms with Crippen LogP contribution in [0.2, 0.25) is 0 Å². The van der Waals surface area contributed by atoms with Crippen molar-refractivity contribution in [1.82, 2.24) is 4.90 Å². The van der Waals surface area contributed by atoms with Crippen LogP contribution in [0.4, 0.5) is 5.69 Å². The highest BCUT2D eigenvalue weighted by atomic mass is 32.2. The summed E-state index contributed by atoms with van der Waals surface area (Å²) in [6.45, 7) is 1.71. The van der Waals surface area contributed by atoms with Crippen molar-refractivity contribution < 1.29 is 14.3 Å². The lowest BCUT2D eigenvalue weighted by Crippen LogP contribution is -2.28. The quantitative estimate of drug-likeness (QED) is 0.657. The number of likely N-dealkylation sites (tertiary alicyclic amines) is 1. The van der Waals surface area contributed by atoms with Crippen LogP contribution in [0.5, 0.6) is 11.5 Å². The maximum atomic E-state index is 12.5. The maximum Gasteiger partial charge on any atom is 0.225 e. The van der Waals surface area contributed by atoms with Gasteiger partial charge in [0.2, 0.25) is 5.91 Å². The third kappa shape index (κ3) is 4.80. The van der Waals surface area contributed by atoms with Crippen molar-refractivity contribution in [3.63, 3.8) is 0 Å². The molecule has 0 aromatic heterocycles. The average Bonchev–Trinajstić information content (AvgIpc) is 3.20. The molecule has 0 bridgehead atoms. The number of anilines is 1. The van der Waals surface area contributed by atoms with E-state index in [2.05, 4.69) is 16.3 Å². The topological polar surface area (TPSA) is 50.8 Å². The molecule has 0 saturated carbocycles. The number of rotatable bonds is 8. The number of thioether (sulfide) groups is 1. The summed E-state index contributed by atoms with van der Waals surface area (Å²) in [6.07, 6.45) is 4.65. The molecule has 0 aliphatic carbocycles. The van der Waals surface area contributed by atoms with E-state index in [0.29, 0.717) is 6.42 Å². The van der Waals surface area contributed by atoms with Crippen molar-refractivity contribution in [3.8, 4) is 11.5 Å². The predicted molar refractivity (Wildman–Crippen MR) is 115 cm³/mol. The van der Waals surface area contributed by atoms with E-state index in [-0.39, 0.29) is 11.9 Å². The summed E-state index contributed by atoms with van der Waals surface area (Å²) >= 11 is 1.64. The van der Waals surface area contributed by atoms with Gasteiger partial charge in [-0.15, -0.1) is 11.8 Å². The van der Waals surface area contributed by atoms with Gasteiger partial charge in [0.05, 0.1) is 19.9 Å². The SMILES string of the molecule is COc1ccc(OC)c(C2CCCN2CCC(=O)Nc2ccccc2SC)c1. The molecule has 0 spiro atoms. The number of para-hydroxylation sites is 1. The Morgan fingerprint density at radius 1 is 1.21 bits per heavy atom. The zero-order valence-electron chi connectivity index (χ0n) is 16.7. The van der Waals surface area contributed by atoms with Gasteiger partial charge in [-0.2, -0.15) is 0 Å². The van der Waals surface area contributed by atoms with Crippen LogP contribution in [0.3, 0.4) is 0 Å². The molecule has 1 amide bonds. The zero-order chi connectivity index (χ0) is 19.9. The highest BCUT2D eigenvalue weighted by Gasteiger charge is 2.29. The highest BCUT2D eigenvalue weighted by Crippen LogP contribution is 2.38.